The second-order valence-electron chi connectivity index (χ2n) is 14.8. The van der Waals surface area contributed by atoms with Crippen molar-refractivity contribution in [3.8, 4) is 0 Å². The molecule has 0 spiro atoms. The number of Topliss-reactive ketones (excluding diaryl/α,β-unsaturated/α-hetero) is 1. The van der Waals surface area contributed by atoms with Crippen molar-refractivity contribution >= 4 is 38.9 Å². The Kier molecular flexibility index (Phi) is 13.1. The number of ketones is 1. The summed E-state index contributed by atoms with van der Waals surface area (Å²) in [7, 11) is -4.35. The van der Waals surface area contributed by atoms with E-state index >= 15 is 0 Å². The van der Waals surface area contributed by atoms with Crippen molar-refractivity contribution in [3.63, 3.8) is 0 Å². The molecule has 0 bridgehead atoms. The van der Waals surface area contributed by atoms with E-state index in [4.69, 9.17) is 0 Å². The summed E-state index contributed by atoms with van der Waals surface area (Å²) < 4.78 is 36.3. The molecule has 272 valence electrons. The minimum Gasteiger partial charge on any atom is -0.356 e. The summed E-state index contributed by atoms with van der Waals surface area (Å²) in [5.41, 5.74) is 7.25. The third-order valence-electron chi connectivity index (χ3n) is 10.4. The Morgan fingerprint density at radius 2 is 1.52 bits per heavy atom. The molecule has 2 aromatic rings. The number of amides is 1. The molecule has 2 aliphatic heterocycles. The quantitative estimate of drug-likeness (QED) is 0.0916. The van der Waals surface area contributed by atoms with Crippen molar-refractivity contribution in [1.82, 2.24) is 5.32 Å². The highest BCUT2D eigenvalue weighted by molar-refractivity contribution is 7.85. The van der Waals surface area contributed by atoms with Gasteiger partial charge < -0.3 is 10.2 Å². The lowest BCUT2D eigenvalue weighted by atomic mass is 9.81. The number of carbonyl (C=O) groups is 2. The Labute approximate surface area is 300 Å². The maximum absolute atomic E-state index is 12.5. The summed E-state index contributed by atoms with van der Waals surface area (Å²) in [5.74, 6) is 0.402. The van der Waals surface area contributed by atoms with Crippen LogP contribution in [0.25, 0.3) is 0 Å². The Balaban J connectivity index is 1.45. The van der Waals surface area contributed by atoms with Crippen LogP contribution in [0.15, 0.2) is 65.2 Å². The van der Waals surface area contributed by atoms with E-state index in [0.29, 0.717) is 31.6 Å². The van der Waals surface area contributed by atoms with Crippen LogP contribution in [-0.4, -0.2) is 54.6 Å². The van der Waals surface area contributed by atoms with Crippen LogP contribution in [0.5, 0.6) is 0 Å². The minimum atomic E-state index is -4.35. The summed E-state index contributed by atoms with van der Waals surface area (Å²) in [6, 6.07) is 11.6. The number of carbonyl (C=O) groups excluding carboxylic acids is 2. The highest BCUT2D eigenvalue weighted by Crippen LogP contribution is 2.48. The van der Waals surface area contributed by atoms with Gasteiger partial charge in [-0.1, -0.05) is 50.5 Å². The van der Waals surface area contributed by atoms with E-state index < -0.39 is 15.5 Å². The third kappa shape index (κ3) is 9.02. The van der Waals surface area contributed by atoms with Gasteiger partial charge in [0, 0.05) is 73.3 Å². The van der Waals surface area contributed by atoms with Crippen molar-refractivity contribution < 1.29 is 27.1 Å². The molecule has 0 aliphatic carbocycles. The fraction of sp³-hybridized carbons (Fsp3) is 0.537. The van der Waals surface area contributed by atoms with Crippen molar-refractivity contribution in [2.75, 3.05) is 24.5 Å². The lowest BCUT2D eigenvalue weighted by Gasteiger charge is -2.25. The van der Waals surface area contributed by atoms with Crippen LogP contribution in [0.2, 0.25) is 0 Å². The Bertz CT molecular complexity index is 1770. The van der Waals surface area contributed by atoms with Crippen molar-refractivity contribution in [2.45, 2.75) is 128 Å². The zero-order chi connectivity index (χ0) is 36.7. The van der Waals surface area contributed by atoms with Crippen LogP contribution in [0, 0.1) is 6.92 Å². The summed E-state index contributed by atoms with van der Waals surface area (Å²) in [6.45, 7) is 17.2. The van der Waals surface area contributed by atoms with Crippen LogP contribution in [-0.2, 0) is 30.5 Å². The molecule has 9 heteroatoms. The third-order valence-corrected chi connectivity index (χ3v) is 11.2. The predicted octanol–water partition coefficient (Wildman–Crippen LogP) is 8.48. The van der Waals surface area contributed by atoms with E-state index in [9.17, 15) is 22.6 Å². The molecule has 4 rings (SSSR count). The molecule has 0 atom stereocenters. The van der Waals surface area contributed by atoms with Crippen LogP contribution in [0.3, 0.4) is 0 Å². The fourth-order valence-corrected chi connectivity index (χ4v) is 8.06. The number of hydrogen-bond acceptors (Lipinski definition) is 5. The van der Waals surface area contributed by atoms with Gasteiger partial charge in [-0.05, 0) is 90.1 Å². The first kappa shape index (κ1) is 39.2. The molecule has 2 heterocycles. The first-order valence-electron chi connectivity index (χ1n) is 18.5. The number of fused-ring (bicyclic) bond motifs is 2. The number of nitrogens with one attached hydrogen (secondary N) is 1. The molecule has 8 nitrogen and oxygen atoms in total. The molecule has 0 aromatic heterocycles. The second kappa shape index (κ2) is 16.6. The topological polar surface area (TPSA) is 107 Å². The monoisotopic (exact) mass is 704 g/mol. The first-order chi connectivity index (χ1) is 23.6. The van der Waals surface area contributed by atoms with E-state index in [0.717, 1.165) is 75.0 Å². The van der Waals surface area contributed by atoms with E-state index in [-0.39, 0.29) is 16.2 Å². The molecule has 50 heavy (non-hydrogen) atoms. The van der Waals surface area contributed by atoms with Crippen LogP contribution in [0.4, 0.5) is 11.4 Å². The maximum atomic E-state index is 12.5. The molecule has 0 saturated carbocycles. The SMILES string of the molecule is CCNC(=O)CCCCCCC(=O)CCCCC[N+]1=C(/C=C/C=C2\N(CC)c3ccc(C)cc3C2(C)C)C(C)(C)c2cc(S(=O)(=O)O)ccc21. The Morgan fingerprint density at radius 1 is 0.860 bits per heavy atom. The van der Waals surface area contributed by atoms with Gasteiger partial charge in [0.25, 0.3) is 10.1 Å². The molecule has 2 aliphatic rings. The van der Waals surface area contributed by atoms with Gasteiger partial charge in [0.1, 0.15) is 12.3 Å². The Morgan fingerprint density at radius 3 is 2.16 bits per heavy atom. The van der Waals surface area contributed by atoms with E-state index in [2.05, 4.69) is 92.8 Å². The molecular weight excluding hydrogens is 647 g/mol. The van der Waals surface area contributed by atoms with Crippen LogP contribution in [0.1, 0.15) is 122 Å². The smallest absolute Gasteiger partial charge is 0.294 e. The maximum Gasteiger partial charge on any atom is 0.294 e. The van der Waals surface area contributed by atoms with Crippen molar-refractivity contribution in [2.24, 2.45) is 0 Å². The van der Waals surface area contributed by atoms with Crippen LogP contribution < -0.4 is 10.2 Å². The standard InChI is InChI=1S/C41H57N3O5S/c1-8-42-39(46)22-15-11-10-13-18-31(45)19-14-12-16-27-44-36-26-24-32(50(47,48)49)29-34(36)41(6,7)38(44)21-17-20-37-40(4,5)33-28-30(3)23-25-35(33)43(37)9-2/h17,20-21,23-26,28-29H,8-16,18-19,22,27H2,1-7H3,(H-,42,46,47,48,49)/p+1. The van der Waals surface area contributed by atoms with Gasteiger partial charge in [0.15, 0.2) is 5.71 Å². The van der Waals surface area contributed by atoms with Crippen molar-refractivity contribution in [1.29, 1.82) is 0 Å². The summed E-state index contributed by atoms with van der Waals surface area (Å²) >= 11 is 0. The molecule has 0 fully saturated rings. The number of nitrogens with zero attached hydrogens (tertiary/aromatic N) is 2. The highest BCUT2D eigenvalue weighted by atomic mass is 32.2. The molecule has 1 amide bonds. The van der Waals surface area contributed by atoms with E-state index in [1.807, 2.05) is 6.92 Å². The number of unbranched alkanes of at least 4 members (excludes halogenated alkanes) is 5. The molecule has 0 unspecified atom stereocenters. The zero-order valence-corrected chi connectivity index (χ0v) is 32.1. The molecular formula is C41H58N3O5S+. The van der Waals surface area contributed by atoms with Gasteiger partial charge in [-0.3, -0.25) is 14.1 Å². The average Bonchev–Trinajstić information content (AvgIpc) is 3.39. The van der Waals surface area contributed by atoms with Crippen molar-refractivity contribution in [3.05, 3.63) is 77.0 Å². The lowest BCUT2D eigenvalue weighted by Crippen LogP contribution is -2.28. The van der Waals surface area contributed by atoms with Gasteiger partial charge in [0.05, 0.1) is 10.3 Å². The minimum absolute atomic E-state index is 0.100. The lowest BCUT2D eigenvalue weighted by molar-refractivity contribution is -0.438. The number of anilines is 1. The number of hydrogen-bond donors (Lipinski definition) is 2. The largest absolute Gasteiger partial charge is 0.356 e. The summed E-state index contributed by atoms with van der Waals surface area (Å²) in [4.78, 5) is 26.4. The second-order valence-corrected chi connectivity index (χ2v) is 16.3. The predicted molar refractivity (Wildman–Crippen MR) is 203 cm³/mol. The number of likely N-dealkylation sites (N-methyl/N-ethyl adjacent to an activating group) is 1. The van der Waals surface area contributed by atoms with Gasteiger partial charge >= 0.3 is 0 Å². The molecule has 2 aromatic carbocycles. The van der Waals surface area contributed by atoms with Gasteiger partial charge in [-0.2, -0.15) is 13.0 Å². The number of rotatable bonds is 18. The van der Waals surface area contributed by atoms with Gasteiger partial charge in [0.2, 0.25) is 11.6 Å². The first-order valence-corrected chi connectivity index (χ1v) is 19.9. The van der Waals surface area contributed by atoms with E-state index in [1.54, 1.807) is 12.1 Å². The number of aryl methyl sites for hydroxylation is 1. The molecule has 0 saturated heterocycles. The summed E-state index contributed by atoms with van der Waals surface area (Å²) in [6.07, 6.45) is 14.5. The normalized spacial score (nSPS) is 17.1. The van der Waals surface area contributed by atoms with Gasteiger partial charge in [-0.25, -0.2) is 0 Å². The zero-order valence-electron chi connectivity index (χ0n) is 31.3. The summed E-state index contributed by atoms with van der Waals surface area (Å²) in [5, 5.41) is 2.82. The molecule has 0 radical (unpaired) electrons. The van der Waals surface area contributed by atoms with Crippen LogP contribution >= 0.6 is 0 Å². The van der Waals surface area contributed by atoms with Gasteiger partial charge in [-0.15, -0.1) is 0 Å². The van der Waals surface area contributed by atoms with E-state index in [1.165, 1.54) is 28.6 Å². The fourth-order valence-electron chi connectivity index (χ4n) is 7.56. The Hall–Kier alpha value is -3.56. The number of allylic oxidation sites excluding steroid dienone is 4. The highest BCUT2D eigenvalue weighted by Gasteiger charge is 2.45. The number of benzene rings is 2. The average molecular weight is 705 g/mol. The molecule has 2 N–H and O–H groups in total.